The Morgan fingerprint density at radius 2 is 1.92 bits per heavy atom. The van der Waals surface area contributed by atoms with Crippen molar-refractivity contribution in [1.29, 1.82) is 0 Å². The van der Waals surface area contributed by atoms with Crippen LogP contribution in [0.3, 0.4) is 0 Å². The highest BCUT2D eigenvalue weighted by atomic mass is 19.4. The zero-order chi connectivity index (χ0) is 19.2. The second kappa shape index (κ2) is 8.45. The smallest absolute Gasteiger partial charge is 0.370 e. The maximum atomic E-state index is 12.4. The molecule has 26 heavy (non-hydrogen) atoms. The normalized spacial score (nSPS) is 11.1. The topological polar surface area (TPSA) is 91.8 Å². The van der Waals surface area contributed by atoms with Crippen molar-refractivity contribution in [2.24, 2.45) is 0 Å². The van der Waals surface area contributed by atoms with Crippen LogP contribution >= 0.6 is 0 Å². The minimum Gasteiger partial charge on any atom is -0.370 e. The molecule has 2 rings (SSSR count). The van der Waals surface area contributed by atoms with Gasteiger partial charge >= 0.3 is 6.18 Å². The van der Waals surface area contributed by atoms with Crippen molar-refractivity contribution < 1.29 is 18.0 Å². The summed E-state index contributed by atoms with van der Waals surface area (Å²) in [6, 6.07) is 3.68. The summed E-state index contributed by atoms with van der Waals surface area (Å²) in [5.41, 5.74) is -0.193. The molecule has 2 aromatic rings. The average molecular weight is 368 g/mol. The van der Waals surface area contributed by atoms with Gasteiger partial charge in [-0.15, -0.1) is 0 Å². The molecule has 0 radical (unpaired) electrons. The Morgan fingerprint density at radius 1 is 1.15 bits per heavy atom. The highest BCUT2D eigenvalue weighted by Crippen LogP contribution is 2.27. The standard InChI is InChI=1S/C16H19F3N6O/c1-3-20-13-8-10(2)24-15(25-13)22-7-6-21-14(26)11-4-5-12(23-9-11)16(17,18)19/h4-5,8-9H,3,6-7H2,1-2H3,(H,21,26)(H2,20,22,24,25). The van der Waals surface area contributed by atoms with Crippen LogP contribution in [0.1, 0.15) is 28.7 Å². The first-order valence-electron chi connectivity index (χ1n) is 7.94. The Kier molecular flexibility index (Phi) is 6.31. The third-order valence-electron chi connectivity index (χ3n) is 3.22. The van der Waals surface area contributed by atoms with Gasteiger partial charge in [-0.2, -0.15) is 18.2 Å². The third kappa shape index (κ3) is 5.57. The lowest BCUT2D eigenvalue weighted by Gasteiger charge is -2.10. The number of carbonyl (C=O) groups is 1. The van der Waals surface area contributed by atoms with Gasteiger partial charge in [-0.1, -0.05) is 0 Å². The van der Waals surface area contributed by atoms with Crippen molar-refractivity contribution in [1.82, 2.24) is 20.3 Å². The highest BCUT2D eigenvalue weighted by Gasteiger charge is 2.32. The number of nitrogens with zero attached hydrogens (tertiary/aromatic N) is 3. The molecule has 0 spiro atoms. The summed E-state index contributed by atoms with van der Waals surface area (Å²) < 4.78 is 37.3. The first kappa shape index (κ1) is 19.4. The van der Waals surface area contributed by atoms with E-state index in [0.29, 0.717) is 18.3 Å². The molecule has 1 amide bonds. The predicted octanol–water partition coefficient (Wildman–Crippen LogP) is 2.47. The Bertz CT molecular complexity index is 749. The van der Waals surface area contributed by atoms with Gasteiger partial charge in [0.1, 0.15) is 11.5 Å². The van der Waals surface area contributed by atoms with E-state index in [-0.39, 0.29) is 12.1 Å². The molecule has 140 valence electrons. The number of amides is 1. The van der Waals surface area contributed by atoms with E-state index in [2.05, 4.69) is 30.9 Å². The fraction of sp³-hybridized carbons (Fsp3) is 0.375. The van der Waals surface area contributed by atoms with Crippen molar-refractivity contribution in [3.05, 3.63) is 41.3 Å². The summed E-state index contributed by atoms with van der Waals surface area (Å²) in [6.45, 7) is 5.12. The quantitative estimate of drug-likeness (QED) is 0.651. The molecule has 10 heteroatoms. The van der Waals surface area contributed by atoms with Crippen LogP contribution in [0.15, 0.2) is 24.4 Å². The molecular formula is C16H19F3N6O. The first-order chi connectivity index (χ1) is 12.3. The van der Waals surface area contributed by atoms with Crippen molar-refractivity contribution in [3.63, 3.8) is 0 Å². The molecule has 0 fully saturated rings. The van der Waals surface area contributed by atoms with Gasteiger partial charge in [0, 0.05) is 37.6 Å². The summed E-state index contributed by atoms with van der Waals surface area (Å²) in [6.07, 6.45) is -3.63. The molecule has 0 saturated heterocycles. The van der Waals surface area contributed by atoms with Gasteiger partial charge in [-0.25, -0.2) is 4.98 Å². The Hall–Kier alpha value is -2.91. The van der Waals surface area contributed by atoms with E-state index in [9.17, 15) is 18.0 Å². The van der Waals surface area contributed by atoms with Crippen LogP contribution in [0.25, 0.3) is 0 Å². The monoisotopic (exact) mass is 368 g/mol. The zero-order valence-corrected chi connectivity index (χ0v) is 14.3. The van der Waals surface area contributed by atoms with Gasteiger partial charge in [-0.05, 0) is 26.0 Å². The van der Waals surface area contributed by atoms with Crippen LogP contribution in [0.5, 0.6) is 0 Å². The van der Waals surface area contributed by atoms with Gasteiger partial charge in [0.2, 0.25) is 5.95 Å². The van der Waals surface area contributed by atoms with Crippen LogP contribution in [0, 0.1) is 6.92 Å². The maximum Gasteiger partial charge on any atom is 0.433 e. The molecule has 0 aliphatic heterocycles. The molecule has 0 atom stereocenters. The number of rotatable bonds is 7. The number of pyridine rings is 1. The predicted molar refractivity (Wildman–Crippen MR) is 91.0 cm³/mol. The van der Waals surface area contributed by atoms with Crippen molar-refractivity contribution in [2.75, 3.05) is 30.3 Å². The molecule has 2 heterocycles. The molecule has 0 unspecified atom stereocenters. The van der Waals surface area contributed by atoms with Crippen LogP contribution in [0.4, 0.5) is 24.9 Å². The molecule has 0 aliphatic carbocycles. The zero-order valence-electron chi connectivity index (χ0n) is 14.3. The van der Waals surface area contributed by atoms with E-state index in [1.54, 1.807) is 0 Å². The number of nitrogens with one attached hydrogen (secondary N) is 3. The number of halogens is 3. The SMILES string of the molecule is CCNc1cc(C)nc(NCCNC(=O)c2ccc(C(F)(F)F)nc2)n1. The van der Waals surface area contributed by atoms with Gasteiger partial charge in [0.15, 0.2) is 0 Å². The second-order valence-corrected chi connectivity index (χ2v) is 5.36. The van der Waals surface area contributed by atoms with Crippen molar-refractivity contribution >= 4 is 17.7 Å². The van der Waals surface area contributed by atoms with Gasteiger partial charge < -0.3 is 16.0 Å². The largest absolute Gasteiger partial charge is 0.433 e. The number of carbonyl (C=O) groups excluding carboxylic acids is 1. The lowest BCUT2D eigenvalue weighted by Crippen LogP contribution is -2.29. The lowest BCUT2D eigenvalue weighted by molar-refractivity contribution is -0.141. The molecule has 7 nitrogen and oxygen atoms in total. The number of aromatic nitrogens is 3. The first-order valence-corrected chi connectivity index (χ1v) is 7.94. The molecule has 0 saturated carbocycles. The summed E-state index contributed by atoms with van der Waals surface area (Å²) in [7, 11) is 0. The van der Waals surface area contributed by atoms with E-state index in [0.717, 1.165) is 30.6 Å². The molecule has 0 bridgehead atoms. The Morgan fingerprint density at radius 3 is 2.54 bits per heavy atom. The lowest BCUT2D eigenvalue weighted by atomic mass is 10.2. The van der Waals surface area contributed by atoms with Crippen LogP contribution in [0.2, 0.25) is 0 Å². The van der Waals surface area contributed by atoms with Gasteiger partial charge in [0.05, 0.1) is 5.56 Å². The molecule has 0 aliphatic rings. The van der Waals surface area contributed by atoms with Crippen LogP contribution in [-0.4, -0.2) is 40.5 Å². The second-order valence-electron chi connectivity index (χ2n) is 5.36. The van der Waals surface area contributed by atoms with E-state index in [4.69, 9.17) is 0 Å². The van der Waals surface area contributed by atoms with Crippen LogP contribution < -0.4 is 16.0 Å². The minimum absolute atomic E-state index is 0.0548. The number of hydrogen-bond donors (Lipinski definition) is 3. The van der Waals surface area contributed by atoms with Crippen LogP contribution in [-0.2, 0) is 6.18 Å². The average Bonchev–Trinajstić information content (AvgIpc) is 2.58. The number of hydrogen-bond acceptors (Lipinski definition) is 6. The fourth-order valence-electron chi connectivity index (χ4n) is 2.07. The highest BCUT2D eigenvalue weighted by molar-refractivity contribution is 5.93. The van der Waals surface area contributed by atoms with E-state index in [1.165, 1.54) is 0 Å². The number of anilines is 2. The summed E-state index contributed by atoms with van der Waals surface area (Å²) >= 11 is 0. The molecule has 0 aromatic carbocycles. The Balaban J connectivity index is 1.83. The number of aryl methyl sites for hydroxylation is 1. The summed E-state index contributed by atoms with van der Waals surface area (Å²) in [5.74, 6) is 0.611. The van der Waals surface area contributed by atoms with E-state index in [1.807, 2.05) is 19.9 Å². The summed E-state index contributed by atoms with van der Waals surface area (Å²) in [4.78, 5) is 23.7. The van der Waals surface area contributed by atoms with Crippen molar-refractivity contribution in [3.8, 4) is 0 Å². The molecule has 2 aromatic heterocycles. The molecule has 3 N–H and O–H groups in total. The molecular weight excluding hydrogens is 349 g/mol. The van der Waals surface area contributed by atoms with Crippen molar-refractivity contribution in [2.45, 2.75) is 20.0 Å². The third-order valence-corrected chi connectivity index (χ3v) is 3.22. The minimum atomic E-state index is -4.53. The summed E-state index contributed by atoms with van der Waals surface area (Å²) in [5, 5.41) is 8.65. The number of alkyl halides is 3. The maximum absolute atomic E-state index is 12.4. The fourth-order valence-corrected chi connectivity index (χ4v) is 2.07. The van der Waals surface area contributed by atoms with E-state index >= 15 is 0 Å². The van der Waals surface area contributed by atoms with Gasteiger partial charge in [-0.3, -0.25) is 9.78 Å². The van der Waals surface area contributed by atoms with Gasteiger partial charge in [0.25, 0.3) is 5.91 Å². The Labute approximate surface area is 148 Å². The van der Waals surface area contributed by atoms with E-state index < -0.39 is 17.8 Å².